The molecule has 1 aromatic heterocycles. The molecule has 122 valence electrons. The first kappa shape index (κ1) is 18.1. The van der Waals surface area contributed by atoms with Gasteiger partial charge in [-0.2, -0.15) is 0 Å². The van der Waals surface area contributed by atoms with Gasteiger partial charge in [-0.25, -0.2) is 4.98 Å². The molecule has 0 saturated heterocycles. The number of rotatable bonds is 8. The number of ether oxygens (including phenoxy) is 1. The zero-order chi connectivity index (χ0) is 16.8. The summed E-state index contributed by atoms with van der Waals surface area (Å²) in [6.45, 7) is 10.7. The van der Waals surface area contributed by atoms with E-state index in [2.05, 4.69) is 25.1 Å². The second-order valence-corrected chi connectivity index (χ2v) is 6.94. The van der Waals surface area contributed by atoms with E-state index in [1.807, 2.05) is 17.6 Å². The molecule has 23 heavy (non-hydrogen) atoms. The van der Waals surface area contributed by atoms with Crippen molar-refractivity contribution in [2.24, 2.45) is 0 Å². The van der Waals surface area contributed by atoms with Gasteiger partial charge in [0.2, 0.25) is 0 Å². The topological polar surface area (TPSA) is 22.1 Å². The Bertz CT molecular complexity index is 682. The third-order valence-electron chi connectivity index (χ3n) is 3.50. The Labute approximate surface area is 151 Å². The fourth-order valence-corrected chi connectivity index (χ4v) is 3.36. The highest BCUT2D eigenvalue weighted by molar-refractivity contribution is 7.09. The van der Waals surface area contributed by atoms with Gasteiger partial charge in [-0.05, 0) is 29.7 Å². The lowest BCUT2D eigenvalue weighted by Crippen LogP contribution is -2.06. The second-order valence-electron chi connectivity index (χ2n) is 5.20. The Balaban J connectivity index is 2.00. The lowest BCUT2D eigenvalue weighted by Gasteiger charge is -2.19. The number of aromatic nitrogens is 1. The molecule has 1 unspecified atom stereocenters. The predicted molar refractivity (Wildman–Crippen MR) is 99.3 cm³/mol. The van der Waals surface area contributed by atoms with Crippen molar-refractivity contribution in [3.63, 3.8) is 0 Å². The summed E-state index contributed by atoms with van der Waals surface area (Å²) >= 11 is 13.6. The lowest BCUT2D eigenvalue weighted by molar-refractivity contribution is 0.205. The predicted octanol–water partition coefficient (Wildman–Crippen LogP) is 6.62. The van der Waals surface area contributed by atoms with E-state index in [9.17, 15) is 0 Å². The molecule has 0 aliphatic carbocycles. The van der Waals surface area contributed by atoms with Crippen LogP contribution >= 0.6 is 34.5 Å². The summed E-state index contributed by atoms with van der Waals surface area (Å²) in [4.78, 5) is 4.41. The summed E-state index contributed by atoms with van der Waals surface area (Å²) in [6, 6.07) is 5.44. The molecule has 5 heteroatoms. The number of thiazole rings is 1. The van der Waals surface area contributed by atoms with Crippen LogP contribution in [0.15, 0.2) is 54.3 Å². The quantitative estimate of drug-likeness (QED) is 0.386. The van der Waals surface area contributed by atoms with E-state index in [0.717, 1.165) is 29.0 Å². The Morgan fingerprint density at radius 3 is 2.70 bits per heavy atom. The van der Waals surface area contributed by atoms with Crippen molar-refractivity contribution in [1.29, 1.82) is 0 Å². The zero-order valence-corrected chi connectivity index (χ0v) is 15.3. The Morgan fingerprint density at radius 1 is 1.30 bits per heavy atom. The van der Waals surface area contributed by atoms with E-state index in [0.29, 0.717) is 22.4 Å². The van der Waals surface area contributed by atoms with Crippen LogP contribution in [0.2, 0.25) is 10.0 Å². The van der Waals surface area contributed by atoms with Gasteiger partial charge in [-0.15, -0.1) is 11.3 Å². The number of allylic oxidation sites excluding steroid dienone is 1. The van der Waals surface area contributed by atoms with Gasteiger partial charge in [0.1, 0.15) is 17.4 Å². The monoisotopic (exact) mass is 367 g/mol. The summed E-state index contributed by atoms with van der Waals surface area (Å²) in [5.74, 6) is 0.742. The summed E-state index contributed by atoms with van der Waals surface area (Å²) in [5.41, 5.74) is 1.82. The van der Waals surface area contributed by atoms with Gasteiger partial charge < -0.3 is 4.74 Å². The van der Waals surface area contributed by atoms with E-state index in [4.69, 9.17) is 27.9 Å². The van der Waals surface area contributed by atoms with Gasteiger partial charge in [-0.3, -0.25) is 0 Å². The van der Waals surface area contributed by atoms with Gasteiger partial charge in [0, 0.05) is 17.5 Å². The lowest BCUT2D eigenvalue weighted by atomic mass is 9.95. The first-order chi connectivity index (χ1) is 11.0. The van der Waals surface area contributed by atoms with Crippen molar-refractivity contribution in [2.45, 2.75) is 32.3 Å². The van der Waals surface area contributed by atoms with Crippen LogP contribution in [-0.2, 0) is 11.3 Å². The second kappa shape index (κ2) is 8.53. The molecule has 0 bridgehead atoms. The van der Waals surface area contributed by atoms with Gasteiger partial charge in [0.05, 0.1) is 10.0 Å². The highest BCUT2D eigenvalue weighted by Gasteiger charge is 2.20. The summed E-state index contributed by atoms with van der Waals surface area (Å²) in [5, 5.41) is 4.08. The molecule has 2 aromatic rings. The minimum Gasteiger partial charge on any atom is -0.489 e. The molecular formula is C18H19Cl2NOS. The number of hydrogen-bond donors (Lipinski definition) is 0. The van der Waals surface area contributed by atoms with Crippen LogP contribution in [0.3, 0.4) is 0 Å². The normalized spacial score (nSPS) is 12.0. The maximum absolute atomic E-state index is 6.02. The fraction of sp³-hybridized carbons (Fsp3) is 0.278. The third-order valence-corrected chi connectivity index (χ3v) is 5.13. The van der Waals surface area contributed by atoms with Gasteiger partial charge in [0.25, 0.3) is 0 Å². The summed E-state index contributed by atoms with van der Waals surface area (Å²) in [6.07, 6.45) is 3.83. The van der Waals surface area contributed by atoms with Crippen LogP contribution < -0.4 is 0 Å². The van der Waals surface area contributed by atoms with Crippen LogP contribution in [0, 0.1) is 0 Å². The molecule has 1 aromatic carbocycles. The Kier molecular flexibility index (Phi) is 6.70. The van der Waals surface area contributed by atoms with Gasteiger partial charge in [0.15, 0.2) is 0 Å². The molecule has 0 fully saturated rings. The molecule has 2 rings (SSSR count). The molecule has 1 atom stereocenters. The van der Waals surface area contributed by atoms with E-state index >= 15 is 0 Å². The smallest absolute Gasteiger partial charge is 0.115 e. The number of hydrogen-bond acceptors (Lipinski definition) is 3. The first-order valence-electron chi connectivity index (χ1n) is 7.37. The molecule has 1 heterocycles. The molecule has 0 amide bonds. The molecule has 0 aliphatic rings. The zero-order valence-electron chi connectivity index (χ0n) is 13.0. The largest absolute Gasteiger partial charge is 0.489 e. The molecule has 0 aliphatic heterocycles. The van der Waals surface area contributed by atoms with E-state index in [1.54, 1.807) is 23.5 Å². The Morgan fingerprint density at radius 2 is 2.09 bits per heavy atom. The molecular weight excluding hydrogens is 349 g/mol. The van der Waals surface area contributed by atoms with Crippen molar-refractivity contribution < 1.29 is 4.74 Å². The minimum atomic E-state index is 0.154. The summed E-state index contributed by atoms with van der Waals surface area (Å²) < 4.78 is 5.79. The van der Waals surface area contributed by atoms with Crippen LogP contribution in [0.25, 0.3) is 0 Å². The minimum absolute atomic E-state index is 0.154. The van der Waals surface area contributed by atoms with Crippen molar-refractivity contribution in [3.8, 4) is 0 Å². The number of halogens is 2. The van der Waals surface area contributed by atoms with Gasteiger partial charge in [-0.1, -0.05) is 55.8 Å². The first-order valence-corrected chi connectivity index (χ1v) is 9.00. The Hall–Kier alpha value is -1.29. The maximum Gasteiger partial charge on any atom is 0.115 e. The molecule has 0 saturated carbocycles. The third kappa shape index (κ3) is 4.84. The highest BCUT2D eigenvalue weighted by atomic mass is 35.5. The maximum atomic E-state index is 6.02. The molecule has 0 spiro atoms. The van der Waals surface area contributed by atoms with E-state index in [1.165, 1.54) is 0 Å². The highest BCUT2D eigenvalue weighted by Crippen LogP contribution is 2.34. The molecule has 0 N–H and O–H groups in total. The standard InChI is InChI=1S/C18H19Cl2NOS/c1-4-5-15(18-21-8-9-23-18)12(2)13(3)22-11-14-6-7-16(19)17(20)10-14/h6-10,15H,2-5,11H2,1H3. The summed E-state index contributed by atoms with van der Waals surface area (Å²) in [7, 11) is 0. The molecule has 2 nitrogen and oxygen atoms in total. The number of nitrogens with zero attached hydrogens (tertiary/aromatic N) is 1. The van der Waals surface area contributed by atoms with Crippen LogP contribution in [0.5, 0.6) is 0 Å². The van der Waals surface area contributed by atoms with Gasteiger partial charge >= 0.3 is 0 Å². The van der Waals surface area contributed by atoms with Crippen molar-refractivity contribution in [2.75, 3.05) is 0 Å². The van der Waals surface area contributed by atoms with Crippen LogP contribution in [0.4, 0.5) is 0 Å². The van der Waals surface area contributed by atoms with Crippen molar-refractivity contribution in [1.82, 2.24) is 4.98 Å². The SMILES string of the molecule is C=C(OCc1ccc(Cl)c(Cl)c1)C(=C)C(CCC)c1nccs1. The average molecular weight is 368 g/mol. The van der Waals surface area contributed by atoms with Crippen LogP contribution in [-0.4, -0.2) is 4.98 Å². The van der Waals surface area contributed by atoms with E-state index < -0.39 is 0 Å². The van der Waals surface area contributed by atoms with Crippen molar-refractivity contribution >= 4 is 34.5 Å². The van der Waals surface area contributed by atoms with Crippen LogP contribution in [0.1, 0.15) is 36.3 Å². The molecule has 0 radical (unpaired) electrons. The van der Waals surface area contributed by atoms with E-state index in [-0.39, 0.29) is 5.92 Å². The average Bonchev–Trinajstić information content (AvgIpc) is 3.07. The number of benzene rings is 1. The fourth-order valence-electron chi connectivity index (χ4n) is 2.23. The van der Waals surface area contributed by atoms with Crippen molar-refractivity contribution in [3.05, 3.63) is 74.9 Å².